The molecule has 0 aliphatic carbocycles. The number of halogens is 1. The van der Waals surface area contributed by atoms with Gasteiger partial charge in [-0.3, -0.25) is 4.79 Å². The Bertz CT molecular complexity index is 252. The molecule has 4 N–H and O–H groups in total. The third kappa shape index (κ3) is 2.83. The quantitative estimate of drug-likeness (QED) is 0.462. The van der Waals surface area contributed by atoms with Crippen molar-refractivity contribution in [3.8, 4) is 0 Å². The molecule has 6 nitrogen and oxygen atoms in total. The molecule has 0 saturated carbocycles. The zero-order chi connectivity index (χ0) is 12.3. The number of aliphatic hydroxyl groups is 3. The summed E-state index contributed by atoms with van der Waals surface area (Å²) in [5, 5.41) is 31.2. The van der Waals surface area contributed by atoms with Crippen LogP contribution in [0.25, 0.3) is 0 Å². The van der Waals surface area contributed by atoms with Crippen LogP contribution in [0.3, 0.4) is 0 Å². The van der Waals surface area contributed by atoms with Crippen LogP contribution in [0.2, 0.25) is 0 Å². The summed E-state index contributed by atoms with van der Waals surface area (Å²) in [6, 6.07) is -1.07. The SMILES string of the molecule is CCC1OC(O)[C@H](NC(=O)CCl)[C@@H](O)C1O. The molecule has 1 saturated heterocycles. The van der Waals surface area contributed by atoms with Gasteiger partial charge in [0.1, 0.15) is 24.1 Å². The third-order valence-corrected chi connectivity index (χ3v) is 2.81. The lowest BCUT2D eigenvalue weighted by Gasteiger charge is -2.40. The van der Waals surface area contributed by atoms with Crippen LogP contribution >= 0.6 is 11.6 Å². The van der Waals surface area contributed by atoms with Gasteiger partial charge >= 0.3 is 0 Å². The van der Waals surface area contributed by atoms with Crippen molar-refractivity contribution in [1.29, 1.82) is 0 Å². The van der Waals surface area contributed by atoms with Crippen molar-refractivity contribution >= 4 is 17.5 Å². The lowest BCUT2D eigenvalue weighted by atomic mass is 9.95. The molecule has 7 heteroatoms. The van der Waals surface area contributed by atoms with Crippen LogP contribution < -0.4 is 5.32 Å². The molecular formula is C9H16ClNO5. The van der Waals surface area contributed by atoms with E-state index in [4.69, 9.17) is 16.3 Å². The van der Waals surface area contributed by atoms with Crippen molar-refractivity contribution in [1.82, 2.24) is 5.32 Å². The summed E-state index contributed by atoms with van der Waals surface area (Å²) in [6.07, 6.45) is -3.97. The molecule has 1 amide bonds. The number of nitrogens with one attached hydrogen (secondary N) is 1. The summed E-state index contributed by atoms with van der Waals surface area (Å²) < 4.78 is 5.06. The second-order valence-corrected chi connectivity index (χ2v) is 3.95. The Balaban J connectivity index is 2.67. The maximum absolute atomic E-state index is 11.0. The summed E-state index contributed by atoms with van der Waals surface area (Å²) >= 11 is 5.28. The van der Waals surface area contributed by atoms with Crippen molar-refractivity contribution in [2.24, 2.45) is 0 Å². The Labute approximate surface area is 98.2 Å². The van der Waals surface area contributed by atoms with E-state index in [0.717, 1.165) is 0 Å². The topological polar surface area (TPSA) is 99.0 Å². The van der Waals surface area contributed by atoms with Gasteiger partial charge in [-0.25, -0.2) is 0 Å². The lowest BCUT2D eigenvalue weighted by Crippen LogP contribution is -2.63. The second kappa shape index (κ2) is 5.79. The summed E-state index contributed by atoms with van der Waals surface area (Å²) in [5.41, 5.74) is 0. The monoisotopic (exact) mass is 253 g/mol. The zero-order valence-electron chi connectivity index (χ0n) is 8.84. The maximum atomic E-state index is 11.0. The summed E-state index contributed by atoms with van der Waals surface area (Å²) in [7, 11) is 0. The normalized spacial score (nSPS) is 39.4. The molecule has 1 aliphatic rings. The van der Waals surface area contributed by atoms with E-state index in [1.54, 1.807) is 6.92 Å². The Morgan fingerprint density at radius 3 is 2.50 bits per heavy atom. The van der Waals surface area contributed by atoms with Gasteiger partial charge < -0.3 is 25.4 Å². The van der Waals surface area contributed by atoms with E-state index in [9.17, 15) is 20.1 Å². The van der Waals surface area contributed by atoms with E-state index < -0.39 is 36.6 Å². The van der Waals surface area contributed by atoms with E-state index in [1.165, 1.54) is 0 Å². The highest BCUT2D eigenvalue weighted by Gasteiger charge is 2.43. The first kappa shape index (κ1) is 13.7. The van der Waals surface area contributed by atoms with Crippen LogP contribution in [-0.2, 0) is 9.53 Å². The van der Waals surface area contributed by atoms with Gasteiger partial charge in [0, 0.05) is 0 Å². The van der Waals surface area contributed by atoms with Crippen molar-refractivity contribution in [2.45, 2.75) is 44.0 Å². The molecule has 0 bridgehead atoms. The number of hydrogen-bond donors (Lipinski definition) is 4. The Morgan fingerprint density at radius 2 is 2.00 bits per heavy atom. The minimum absolute atomic E-state index is 0.288. The third-order valence-electron chi connectivity index (χ3n) is 2.57. The van der Waals surface area contributed by atoms with E-state index in [-0.39, 0.29) is 5.88 Å². The van der Waals surface area contributed by atoms with Gasteiger partial charge in [0.25, 0.3) is 0 Å². The van der Waals surface area contributed by atoms with Gasteiger partial charge in [0.15, 0.2) is 6.29 Å². The number of amides is 1. The first-order chi connectivity index (χ1) is 7.51. The van der Waals surface area contributed by atoms with Crippen molar-refractivity contribution in [3.05, 3.63) is 0 Å². The number of carbonyl (C=O) groups excluding carboxylic acids is 1. The molecule has 0 aromatic carbocycles. The highest BCUT2D eigenvalue weighted by molar-refractivity contribution is 6.27. The fourth-order valence-corrected chi connectivity index (χ4v) is 1.74. The van der Waals surface area contributed by atoms with Gasteiger partial charge in [0.2, 0.25) is 5.91 Å². The molecule has 1 fully saturated rings. The van der Waals surface area contributed by atoms with Crippen LogP contribution in [0.15, 0.2) is 0 Å². The fourth-order valence-electron chi connectivity index (χ4n) is 1.66. The van der Waals surface area contributed by atoms with E-state index in [0.29, 0.717) is 6.42 Å². The first-order valence-electron chi connectivity index (χ1n) is 5.06. The number of ether oxygens (including phenoxy) is 1. The standard InChI is InChI=1S/C9H16ClNO5/c1-2-4-7(13)8(14)6(9(15)16-4)11-5(12)3-10/h4,6-9,13-15H,2-3H2,1H3,(H,11,12)/t4?,6-,7?,8-,9?/m1/s1. The van der Waals surface area contributed by atoms with Crippen molar-refractivity contribution in [3.63, 3.8) is 0 Å². The largest absolute Gasteiger partial charge is 0.388 e. The molecule has 0 radical (unpaired) electrons. The molecule has 94 valence electrons. The second-order valence-electron chi connectivity index (χ2n) is 3.68. The maximum Gasteiger partial charge on any atom is 0.235 e. The van der Waals surface area contributed by atoms with Crippen LogP contribution in [0, 0.1) is 0 Å². The molecular weight excluding hydrogens is 238 g/mol. The molecule has 0 spiro atoms. The highest BCUT2D eigenvalue weighted by atomic mass is 35.5. The number of rotatable bonds is 3. The zero-order valence-corrected chi connectivity index (χ0v) is 9.59. The van der Waals surface area contributed by atoms with Gasteiger partial charge in [0.05, 0.1) is 6.10 Å². The smallest absolute Gasteiger partial charge is 0.235 e. The van der Waals surface area contributed by atoms with Gasteiger partial charge in [-0.15, -0.1) is 11.6 Å². The molecule has 1 aliphatic heterocycles. The lowest BCUT2D eigenvalue weighted by molar-refractivity contribution is -0.247. The molecule has 5 atom stereocenters. The Kier molecular flexibility index (Phi) is 4.94. The Hall–Kier alpha value is -0.400. The predicted octanol–water partition coefficient (Wildman–Crippen LogP) is -1.44. The molecule has 3 unspecified atom stereocenters. The van der Waals surface area contributed by atoms with E-state index >= 15 is 0 Å². The Morgan fingerprint density at radius 1 is 1.38 bits per heavy atom. The summed E-state index contributed by atoms with van der Waals surface area (Å²) in [6.45, 7) is 1.75. The molecule has 0 aromatic heterocycles. The molecule has 1 rings (SSSR count). The number of alkyl halides is 1. The molecule has 0 aromatic rings. The fraction of sp³-hybridized carbons (Fsp3) is 0.889. The van der Waals surface area contributed by atoms with Crippen LogP contribution in [0.5, 0.6) is 0 Å². The highest BCUT2D eigenvalue weighted by Crippen LogP contribution is 2.21. The summed E-state index contributed by atoms with van der Waals surface area (Å²) in [4.78, 5) is 11.0. The van der Waals surface area contributed by atoms with Gasteiger partial charge in [-0.05, 0) is 6.42 Å². The van der Waals surface area contributed by atoms with Crippen LogP contribution in [0.4, 0.5) is 0 Å². The first-order valence-corrected chi connectivity index (χ1v) is 5.59. The van der Waals surface area contributed by atoms with Crippen LogP contribution in [0.1, 0.15) is 13.3 Å². The van der Waals surface area contributed by atoms with E-state index in [1.807, 2.05) is 0 Å². The average molecular weight is 254 g/mol. The van der Waals surface area contributed by atoms with E-state index in [2.05, 4.69) is 5.32 Å². The van der Waals surface area contributed by atoms with Gasteiger partial charge in [-0.1, -0.05) is 6.92 Å². The average Bonchev–Trinajstić information content (AvgIpc) is 2.28. The molecule has 16 heavy (non-hydrogen) atoms. The minimum Gasteiger partial charge on any atom is -0.388 e. The van der Waals surface area contributed by atoms with Crippen molar-refractivity contribution in [2.75, 3.05) is 5.88 Å². The molecule has 1 heterocycles. The number of aliphatic hydroxyl groups excluding tert-OH is 3. The summed E-state index contributed by atoms with van der Waals surface area (Å²) in [5.74, 6) is -0.834. The van der Waals surface area contributed by atoms with Crippen molar-refractivity contribution < 1.29 is 24.9 Å². The predicted molar refractivity (Wildman–Crippen MR) is 55.8 cm³/mol. The number of carbonyl (C=O) groups is 1. The number of hydrogen-bond acceptors (Lipinski definition) is 5. The van der Waals surface area contributed by atoms with Crippen LogP contribution in [-0.4, -0.2) is 57.8 Å². The van der Waals surface area contributed by atoms with Gasteiger partial charge in [-0.2, -0.15) is 0 Å². The minimum atomic E-state index is -1.35.